The lowest BCUT2D eigenvalue weighted by molar-refractivity contribution is 0.164. The fourth-order valence-corrected chi connectivity index (χ4v) is 3.20. The second kappa shape index (κ2) is 6.04. The first-order valence-electron chi connectivity index (χ1n) is 7.89. The number of rotatable bonds is 4. The average molecular weight is 314 g/mol. The van der Waals surface area contributed by atoms with Crippen LogP contribution in [0.1, 0.15) is 30.2 Å². The molecule has 0 spiro atoms. The zero-order valence-corrected chi connectivity index (χ0v) is 13.5. The Morgan fingerprint density at radius 3 is 2.91 bits per heavy atom. The monoisotopic (exact) mass is 314 g/mol. The number of hydrogen-bond acceptors (Lipinski definition) is 3. The fourth-order valence-electron chi connectivity index (χ4n) is 3.20. The highest BCUT2D eigenvalue weighted by Crippen LogP contribution is 2.36. The molecule has 1 aromatic carbocycles. The lowest BCUT2D eigenvalue weighted by atomic mass is 9.93. The minimum atomic E-state index is -0.715. The Hall–Kier alpha value is -2.34. The van der Waals surface area contributed by atoms with Crippen molar-refractivity contribution >= 4 is 11.8 Å². The smallest absolute Gasteiger partial charge is 0.321 e. The fraction of sp³-hybridized carbons (Fsp3) is 0.412. The topological polar surface area (TPSA) is 79.2 Å². The molecule has 2 aromatic rings. The van der Waals surface area contributed by atoms with Gasteiger partial charge in [0.05, 0.1) is 17.8 Å². The number of nitrogens with one attached hydrogen (secondary N) is 2. The molecule has 1 unspecified atom stereocenters. The van der Waals surface area contributed by atoms with Gasteiger partial charge in [0.15, 0.2) is 0 Å². The van der Waals surface area contributed by atoms with E-state index in [0.717, 1.165) is 24.1 Å². The van der Waals surface area contributed by atoms with Crippen LogP contribution in [-0.2, 0) is 25.4 Å². The van der Waals surface area contributed by atoms with Crippen LogP contribution in [0.25, 0.3) is 0 Å². The van der Waals surface area contributed by atoms with Gasteiger partial charge in [0.1, 0.15) is 5.82 Å². The maximum absolute atomic E-state index is 12.4. The van der Waals surface area contributed by atoms with E-state index in [4.69, 9.17) is 0 Å². The molecule has 0 aliphatic heterocycles. The Balaban J connectivity index is 1.77. The van der Waals surface area contributed by atoms with Gasteiger partial charge in [0.25, 0.3) is 0 Å². The highest BCUT2D eigenvalue weighted by atomic mass is 16.3. The summed E-state index contributed by atoms with van der Waals surface area (Å²) in [6.45, 7) is 1.89. The standard InChI is InChI=1S/C17H22N4O2/c1-3-13-10-15(21(2)20-13)18-16(23)19-17(11-22)9-8-12-6-4-5-7-14(12)17/h4-7,10,22H,3,8-9,11H2,1-2H3,(H2,18,19,23). The third kappa shape index (κ3) is 2.82. The summed E-state index contributed by atoms with van der Waals surface area (Å²) in [5.41, 5.74) is 2.38. The van der Waals surface area contributed by atoms with Crippen molar-refractivity contribution in [3.8, 4) is 0 Å². The van der Waals surface area contributed by atoms with Gasteiger partial charge in [0, 0.05) is 13.1 Å². The van der Waals surface area contributed by atoms with E-state index in [9.17, 15) is 9.90 Å². The van der Waals surface area contributed by atoms with Crippen molar-refractivity contribution in [2.75, 3.05) is 11.9 Å². The molecule has 1 aliphatic rings. The number of benzene rings is 1. The molecule has 1 heterocycles. The molecule has 2 amide bonds. The lowest BCUT2D eigenvalue weighted by Crippen LogP contribution is -2.49. The van der Waals surface area contributed by atoms with Crippen LogP contribution in [0.3, 0.4) is 0 Å². The quantitative estimate of drug-likeness (QED) is 0.807. The van der Waals surface area contributed by atoms with Gasteiger partial charge in [-0.3, -0.25) is 10.00 Å². The summed E-state index contributed by atoms with van der Waals surface area (Å²) < 4.78 is 1.65. The van der Waals surface area contributed by atoms with Gasteiger partial charge in [-0.05, 0) is 30.4 Å². The minimum absolute atomic E-state index is 0.122. The molecule has 23 heavy (non-hydrogen) atoms. The highest BCUT2D eigenvalue weighted by Gasteiger charge is 2.39. The summed E-state index contributed by atoms with van der Waals surface area (Å²) in [5, 5.41) is 20.0. The van der Waals surface area contributed by atoms with Crippen LogP contribution in [-0.4, -0.2) is 27.5 Å². The van der Waals surface area contributed by atoms with E-state index in [1.165, 1.54) is 5.56 Å². The second-order valence-corrected chi connectivity index (χ2v) is 5.97. The van der Waals surface area contributed by atoms with Crippen molar-refractivity contribution in [3.63, 3.8) is 0 Å². The number of anilines is 1. The second-order valence-electron chi connectivity index (χ2n) is 5.97. The Morgan fingerprint density at radius 1 is 1.43 bits per heavy atom. The van der Waals surface area contributed by atoms with Crippen molar-refractivity contribution < 1.29 is 9.90 Å². The van der Waals surface area contributed by atoms with Crippen molar-refractivity contribution in [2.24, 2.45) is 7.05 Å². The number of carbonyl (C=O) groups is 1. The maximum atomic E-state index is 12.4. The van der Waals surface area contributed by atoms with Crippen LogP contribution in [0.5, 0.6) is 0 Å². The number of aryl methyl sites for hydroxylation is 3. The minimum Gasteiger partial charge on any atom is -0.394 e. The predicted octanol–water partition coefficient (Wildman–Crippen LogP) is 1.94. The summed E-state index contributed by atoms with van der Waals surface area (Å²) in [6, 6.07) is 9.45. The number of aromatic nitrogens is 2. The van der Waals surface area contributed by atoms with Gasteiger partial charge in [-0.25, -0.2) is 4.79 Å². The molecule has 1 atom stereocenters. The lowest BCUT2D eigenvalue weighted by Gasteiger charge is -2.29. The maximum Gasteiger partial charge on any atom is 0.321 e. The van der Waals surface area contributed by atoms with Crippen LogP contribution in [0.15, 0.2) is 30.3 Å². The van der Waals surface area contributed by atoms with E-state index >= 15 is 0 Å². The summed E-state index contributed by atoms with van der Waals surface area (Å²) >= 11 is 0. The SMILES string of the molecule is CCc1cc(NC(=O)NC2(CO)CCc3ccccc32)n(C)n1. The van der Waals surface area contributed by atoms with E-state index in [1.807, 2.05) is 37.3 Å². The van der Waals surface area contributed by atoms with Gasteiger partial charge in [-0.2, -0.15) is 5.10 Å². The molecule has 122 valence electrons. The van der Waals surface area contributed by atoms with E-state index in [0.29, 0.717) is 12.2 Å². The number of urea groups is 1. The van der Waals surface area contributed by atoms with Gasteiger partial charge in [-0.1, -0.05) is 31.2 Å². The van der Waals surface area contributed by atoms with Crippen LogP contribution >= 0.6 is 0 Å². The normalized spacial score (nSPS) is 19.4. The molecule has 3 rings (SSSR count). The molecule has 0 saturated carbocycles. The zero-order valence-electron chi connectivity index (χ0n) is 13.5. The number of aliphatic hydroxyl groups is 1. The van der Waals surface area contributed by atoms with Crippen LogP contribution in [0.2, 0.25) is 0 Å². The van der Waals surface area contributed by atoms with Crippen LogP contribution in [0.4, 0.5) is 10.6 Å². The molecule has 0 saturated heterocycles. The molecular formula is C17H22N4O2. The van der Waals surface area contributed by atoms with E-state index in [2.05, 4.69) is 15.7 Å². The first kappa shape index (κ1) is 15.6. The molecule has 1 aliphatic carbocycles. The highest BCUT2D eigenvalue weighted by molar-refractivity contribution is 5.89. The van der Waals surface area contributed by atoms with E-state index < -0.39 is 5.54 Å². The third-order valence-corrected chi connectivity index (χ3v) is 4.51. The molecular weight excluding hydrogens is 292 g/mol. The molecule has 3 N–H and O–H groups in total. The molecule has 0 fully saturated rings. The summed E-state index contributed by atoms with van der Waals surface area (Å²) in [7, 11) is 1.79. The molecule has 6 nitrogen and oxygen atoms in total. The Morgan fingerprint density at radius 2 is 2.22 bits per heavy atom. The first-order chi connectivity index (χ1) is 11.1. The van der Waals surface area contributed by atoms with Gasteiger partial charge < -0.3 is 10.4 Å². The molecule has 0 radical (unpaired) electrons. The number of amides is 2. The molecule has 1 aromatic heterocycles. The molecule has 6 heteroatoms. The van der Waals surface area contributed by atoms with Crippen LogP contribution < -0.4 is 10.6 Å². The van der Waals surface area contributed by atoms with Gasteiger partial charge in [-0.15, -0.1) is 0 Å². The van der Waals surface area contributed by atoms with Crippen molar-refractivity contribution in [1.82, 2.24) is 15.1 Å². The number of hydrogen-bond donors (Lipinski definition) is 3. The van der Waals surface area contributed by atoms with Crippen LogP contribution in [0, 0.1) is 0 Å². The van der Waals surface area contributed by atoms with Crippen molar-refractivity contribution in [3.05, 3.63) is 47.2 Å². The number of carbonyl (C=O) groups excluding carboxylic acids is 1. The summed E-state index contributed by atoms with van der Waals surface area (Å²) in [6.07, 6.45) is 2.36. The first-order valence-corrected chi connectivity index (χ1v) is 7.89. The Labute approximate surface area is 135 Å². The van der Waals surface area contributed by atoms with Crippen molar-refractivity contribution in [2.45, 2.75) is 31.7 Å². The van der Waals surface area contributed by atoms with Crippen molar-refractivity contribution in [1.29, 1.82) is 0 Å². The predicted molar refractivity (Wildman–Crippen MR) is 88.3 cm³/mol. The number of aliphatic hydroxyl groups excluding tert-OH is 1. The van der Waals surface area contributed by atoms with Gasteiger partial charge in [0.2, 0.25) is 0 Å². The third-order valence-electron chi connectivity index (χ3n) is 4.51. The summed E-state index contributed by atoms with van der Waals surface area (Å²) in [5.74, 6) is 0.638. The Kier molecular flexibility index (Phi) is 4.09. The van der Waals surface area contributed by atoms with E-state index in [1.54, 1.807) is 11.7 Å². The van der Waals surface area contributed by atoms with E-state index in [-0.39, 0.29) is 12.6 Å². The number of nitrogens with zero attached hydrogens (tertiary/aromatic N) is 2. The number of fused-ring (bicyclic) bond motifs is 1. The largest absolute Gasteiger partial charge is 0.394 e. The summed E-state index contributed by atoms with van der Waals surface area (Å²) in [4.78, 5) is 12.4. The molecule has 0 bridgehead atoms. The Bertz CT molecular complexity index is 725. The van der Waals surface area contributed by atoms with Gasteiger partial charge >= 0.3 is 6.03 Å². The zero-order chi connectivity index (χ0) is 16.4. The average Bonchev–Trinajstić information content (AvgIpc) is 3.09.